The van der Waals surface area contributed by atoms with Gasteiger partial charge in [0.2, 0.25) is 0 Å². The summed E-state index contributed by atoms with van der Waals surface area (Å²) in [4.78, 5) is 22.0. The van der Waals surface area contributed by atoms with Gasteiger partial charge in [-0.05, 0) is 12.1 Å². The van der Waals surface area contributed by atoms with Crippen LogP contribution in [0.1, 0.15) is 22.5 Å². The van der Waals surface area contributed by atoms with E-state index in [-0.39, 0.29) is 16.7 Å². The van der Waals surface area contributed by atoms with Crippen LogP contribution in [0.25, 0.3) is 11.1 Å². The number of pyridine rings is 2. The molecule has 9 heteroatoms. The number of nitrogens with two attached hydrogens (primary N) is 1. The van der Waals surface area contributed by atoms with Gasteiger partial charge in [0.25, 0.3) is 12.3 Å². The molecule has 4 rings (SSSR count). The molecule has 2 fully saturated rings. The third-order valence-corrected chi connectivity index (χ3v) is 4.97. The lowest BCUT2D eigenvalue weighted by atomic mass is 9.78. The van der Waals surface area contributed by atoms with Crippen LogP contribution in [-0.2, 0) is 4.74 Å². The van der Waals surface area contributed by atoms with Crippen LogP contribution in [0.2, 0.25) is 0 Å². The van der Waals surface area contributed by atoms with E-state index < -0.39 is 18.0 Å². The Balaban J connectivity index is 1.77. The Kier molecular flexibility index (Phi) is 4.18. The van der Waals surface area contributed by atoms with Crippen LogP contribution in [0.15, 0.2) is 24.5 Å². The number of carbonyl (C=O) groups is 1. The number of ether oxygens (including phenoxy) is 2. The summed E-state index contributed by atoms with van der Waals surface area (Å²) >= 11 is 0. The molecule has 0 radical (unpaired) electrons. The SMILES string of the molecule is COc1cnc(C(F)F)cc1-c1cc(N2CC3(COC3)C2)ncc1C(N)=O. The molecule has 0 bridgehead atoms. The maximum atomic E-state index is 13.1. The van der Waals surface area contributed by atoms with Gasteiger partial charge >= 0.3 is 0 Å². The summed E-state index contributed by atoms with van der Waals surface area (Å²) in [5, 5.41) is 0. The molecule has 4 heterocycles. The highest BCUT2D eigenvalue weighted by atomic mass is 19.3. The minimum absolute atomic E-state index is 0.130. The Morgan fingerprint density at radius 2 is 2.00 bits per heavy atom. The number of anilines is 1. The number of hydrogen-bond acceptors (Lipinski definition) is 6. The highest BCUT2D eigenvalue weighted by Crippen LogP contribution is 2.41. The molecule has 7 nitrogen and oxygen atoms in total. The molecular formula is C18H18F2N4O3. The van der Waals surface area contributed by atoms with E-state index in [9.17, 15) is 13.6 Å². The van der Waals surface area contributed by atoms with Crippen molar-refractivity contribution >= 4 is 11.7 Å². The van der Waals surface area contributed by atoms with Crippen LogP contribution in [0.3, 0.4) is 0 Å². The lowest BCUT2D eigenvalue weighted by molar-refractivity contribution is -0.127. The number of rotatable bonds is 5. The molecule has 0 saturated carbocycles. The molecule has 1 amide bonds. The summed E-state index contributed by atoms with van der Waals surface area (Å²) in [5.74, 6) is 0.213. The molecule has 0 unspecified atom stereocenters. The second-order valence-electron chi connectivity index (χ2n) is 6.91. The van der Waals surface area contributed by atoms with Crippen molar-refractivity contribution in [3.05, 3.63) is 35.8 Å². The van der Waals surface area contributed by atoms with Gasteiger partial charge in [-0.2, -0.15) is 0 Å². The summed E-state index contributed by atoms with van der Waals surface area (Å²) in [6, 6.07) is 2.89. The fourth-order valence-electron chi connectivity index (χ4n) is 3.49. The van der Waals surface area contributed by atoms with Crippen molar-refractivity contribution < 1.29 is 23.0 Å². The van der Waals surface area contributed by atoms with Crippen molar-refractivity contribution in [3.63, 3.8) is 0 Å². The number of amides is 1. The van der Waals surface area contributed by atoms with E-state index in [0.29, 0.717) is 16.9 Å². The van der Waals surface area contributed by atoms with E-state index in [2.05, 4.69) is 14.9 Å². The van der Waals surface area contributed by atoms with Crippen LogP contribution in [-0.4, -0.2) is 49.3 Å². The molecule has 2 N–H and O–H groups in total. The quantitative estimate of drug-likeness (QED) is 0.859. The fraction of sp³-hybridized carbons (Fsp3) is 0.389. The van der Waals surface area contributed by atoms with Gasteiger partial charge in [-0.1, -0.05) is 0 Å². The average Bonchev–Trinajstić information content (AvgIpc) is 2.58. The summed E-state index contributed by atoms with van der Waals surface area (Å²) < 4.78 is 36.8. The Morgan fingerprint density at radius 1 is 1.26 bits per heavy atom. The van der Waals surface area contributed by atoms with Gasteiger partial charge in [0.05, 0.1) is 37.5 Å². The van der Waals surface area contributed by atoms with Crippen LogP contribution < -0.4 is 15.4 Å². The average molecular weight is 376 g/mol. The molecule has 0 aromatic carbocycles. The zero-order valence-electron chi connectivity index (χ0n) is 14.6. The molecule has 2 aliphatic heterocycles. The zero-order chi connectivity index (χ0) is 19.2. The summed E-state index contributed by atoms with van der Waals surface area (Å²) in [6.45, 7) is 3.05. The minimum atomic E-state index is -2.75. The Hall–Kier alpha value is -2.81. The normalized spacial score (nSPS) is 17.6. The number of primary amides is 1. The zero-order valence-corrected chi connectivity index (χ0v) is 14.6. The monoisotopic (exact) mass is 376 g/mol. The Labute approximate surface area is 154 Å². The second kappa shape index (κ2) is 6.41. The van der Waals surface area contributed by atoms with Gasteiger partial charge < -0.3 is 20.1 Å². The predicted octanol–water partition coefficient (Wildman–Crippen LogP) is 2.03. The van der Waals surface area contributed by atoms with E-state index in [1.54, 1.807) is 6.07 Å². The Morgan fingerprint density at radius 3 is 2.56 bits per heavy atom. The number of carbonyl (C=O) groups excluding carboxylic acids is 1. The van der Waals surface area contributed by atoms with Crippen LogP contribution in [0, 0.1) is 5.41 Å². The van der Waals surface area contributed by atoms with Crippen LogP contribution in [0.4, 0.5) is 14.6 Å². The lowest BCUT2D eigenvalue weighted by Gasteiger charge is -2.55. The molecule has 2 aliphatic rings. The van der Waals surface area contributed by atoms with E-state index in [1.807, 2.05) is 0 Å². The van der Waals surface area contributed by atoms with Gasteiger partial charge in [-0.25, -0.2) is 13.8 Å². The maximum absolute atomic E-state index is 13.1. The predicted molar refractivity (Wildman–Crippen MR) is 93.0 cm³/mol. The number of alkyl halides is 2. The topological polar surface area (TPSA) is 90.6 Å². The lowest BCUT2D eigenvalue weighted by Crippen LogP contribution is -2.66. The fourth-order valence-corrected chi connectivity index (χ4v) is 3.49. The van der Waals surface area contributed by atoms with Crippen molar-refractivity contribution in [2.75, 3.05) is 38.3 Å². The molecule has 27 heavy (non-hydrogen) atoms. The first-order valence-electron chi connectivity index (χ1n) is 8.37. The molecule has 0 aliphatic carbocycles. The van der Waals surface area contributed by atoms with Crippen molar-refractivity contribution in [1.29, 1.82) is 0 Å². The number of halogens is 2. The number of methoxy groups -OCH3 is 1. The van der Waals surface area contributed by atoms with E-state index in [4.69, 9.17) is 15.2 Å². The first-order chi connectivity index (χ1) is 12.9. The molecule has 2 aromatic rings. The molecule has 142 valence electrons. The highest BCUT2D eigenvalue weighted by molar-refractivity contribution is 6.00. The van der Waals surface area contributed by atoms with Crippen LogP contribution in [0.5, 0.6) is 5.75 Å². The van der Waals surface area contributed by atoms with Crippen molar-refractivity contribution in [2.24, 2.45) is 11.1 Å². The van der Waals surface area contributed by atoms with Crippen molar-refractivity contribution in [1.82, 2.24) is 9.97 Å². The third-order valence-electron chi connectivity index (χ3n) is 4.97. The molecule has 2 saturated heterocycles. The molecule has 2 aromatic heterocycles. The standard InChI is InChI=1S/C18H18F2N4O3/c1-26-14-5-22-13(16(19)20)2-11(14)10-3-15(23-4-12(10)17(21)25)24-6-18(7-24)8-27-9-18/h2-5,16H,6-9H2,1H3,(H2,21,25). The van der Waals surface area contributed by atoms with Crippen molar-refractivity contribution in [2.45, 2.75) is 6.43 Å². The van der Waals surface area contributed by atoms with E-state index in [1.165, 1.54) is 25.6 Å². The van der Waals surface area contributed by atoms with Gasteiger partial charge in [0.1, 0.15) is 17.3 Å². The first kappa shape index (κ1) is 17.6. The molecular weight excluding hydrogens is 358 g/mol. The van der Waals surface area contributed by atoms with Gasteiger partial charge in [0.15, 0.2) is 0 Å². The van der Waals surface area contributed by atoms with Gasteiger partial charge in [-0.3, -0.25) is 9.78 Å². The minimum Gasteiger partial charge on any atom is -0.494 e. The smallest absolute Gasteiger partial charge is 0.280 e. The molecule has 1 spiro atoms. The summed E-state index contributed by atoms with van der Waals surface area (Å²) in [5.41, 5.74) is 6.09. The summed E-state index contributed by atoms with van der Waals surface area (Å²) in [7, 11) is 1.41. The number of aromatic nitrogens is 2. The van der Waals surface area contributed by atoms with Gasteiger partial charge in [0, 0.05) is 30.4 Å². The summed E-state index contributed by atoms with van der Waals surface area (Å²) in [6.07, 6.45) is -0.162. The molecule has 0 atom stereocenters. The maximum Gasteiger partial charge on any atom is 0.280 e. The first-order valence-corrected chi connectivity index (χ1v) is 8.37. The van der Waals surface area contributed by atoms with E-state index in [0.717, 1.165) is 26.3 Å². The van der Waals surface area contributed by atoms with Crippen molar-refractivity contribution in [3.8, 4) is 16.9 Å². The largest absolute Gasteiger partial charge is 0.494 e. The second-order valence-corrected chi connectivity index (χ2v) is 6.91. The number of nitrogens with zero attached hydrogens (tertiary/aromatic N) is 3. The third kappa shape index (κ3) is 2.97. The Bertz CT molecular complexity index is 894. The van der Waals surface area contributed by atoms with Gasteiger partial charge in [-0.15, -0.1) is 0 Å². The number of hydrogen-bond donors (Lipinski definition) is 1. The van der Waals surface area contributed by atoms with E-state index >= 15 is 0 Å². The highest BCUT2D eigenvalue weighted by Gasteiger charge is 2.49. The van der Waals surface area contributed by atoms with Crippen LogP contribution >= 0.6 is 0 Å².